The summed E-state index contributed by atoms with van der Waals surface area (Å²) in [5.74, 6) is 0.936. The van der Waals surface area contributed by atoms with Gasteiger partial charge in [0.2, 0.25) is 0 Å². The smallest absolute Gasteiger partial charge is 0.410 e. The fraction of sp³-hybridized carbons (Fsp3) is 0.737. The number of hydrogen-bond donors (Lipinski definition) is 0. The first-order chi connectivity index (χ1) is 11.4. The Labute approximate surface area is 151 Å². The second-order valence-corrected chi connectivity index (χ2v) is 9.07. The van der Waals surface area contributed by atoms with Crippen molar-refractivity contribution < 1.29 is 9.53 Å². The van der Waals surface area contributed by atoms with Crippen molar-refractivity contribution in [1.82, 2.24) is 14.9 Å². The Hall–Kier alpha value is -1.85. The van der Waals surface area contributed by atoms with Crippen molar-refractivity contribution in [3.8, 4) is 0 Å². The second-order valence-electron chi connectivity index (χ2n) is 9.07. The maximum absolute atomic E-state index is 12.3. The van der Waals surface area contributed by atoms with Crippen LogP contribution in [0.5, 0.6) is 0 Å². The lowest BCUT2D eigenvalue weighted by molar-refractivity contribution is 0.0218. The maximum Gasteiger partial charge on any atom is 0.410 e. The average molecular weight is 348 g/mol. The highest BCUT2D eigenvalue weighted by atomic mass is 16.6. The van der Waals surface area contributed by atoms with E-state index in [1.807, 2.05) is 20.8 Å². The number of piperazine rings is 1. The number of ether oxygens (including phenoxy) is 1. The van der Waals surface area contributed by atoms with E-state index in [-0.39, 0.29) is 17.6 Å². The van der Waals surface area contributed by atoms with Crippen LogP contribution in [-0.4, -0.2) is 52.2 Å². The van der Waals surface area contributed by atoms with E-state index in [1.54, 1.807) is 11.2 Å². The van der Waals surface area contributed by atoms with Gasteiger partial charge in [-0.05, 0) is 39.5 Å². The molecule has 0 spiro atoms. The van der Waals surface area contributed by atoms with Crippen molar-refractivity contribution in [3.63, 3.8) is 0 Å². The molecule has 140 valence electrons. The normalized spacial score (nSPS) is 19.1. The maximum atomic E-state index is 12.3. The third kappa shape index (κ3) is 5.87. The molecule has 0 aliphatic carbocycles. The lowest BCUT2D eigenvalue weighted by Crippen LogP contribution is -2.54. The standard InChI is InChI=1S/C19H32N4O2/c1-14-12-22(17(24)25-19(5,6)7)8-9-23(14)16-10-15(20-13-21-16)11-18(2,3)4/h10,13-14H,8-9,11-12H2,1-7H3/t14-/m1/s1. The van der Waals surface area contributed by atoms with Gasteiger partial charge in [0.25, 0.3) is 0 Å². The van der Waals surface area contributed by atoms with Gasteiger partial charge in [-0.1, -0.05) is 20.8 Å². The van der Waals surface area contributed by atoms with Crippen LogP contribution < -0.4 is 4.90 Å². The molecule has 2 rings (SSSR count). The Morgan fingerprint density at radius 3 is 2.44 bits per heavy atom. The van der Waals surface area contributed by atoms with Gasteiger partial charge >= 0.3 is 6.09 Å². The fourth-order valence-electron chi connectivity index (χ4n) is 2.97. The molecular weight excluding hydrogens is 316 g/mol. The Balaban J connectivity index is 2.04. The molecule has 1 aromatic heterocycles. The van der Waals surface area contributed by atoms with Crippen LogP contribution in [0.15, 0.2) is 12.4 Å². The summed E-state index contributed by atoms with van der Waals surface area (Å²) < 4.78 is 5.48. The van der Waals surface area contributed by atoms with Gasteiger partial charge in [-0.3, -0.25) is 0 Å². The van der Waals surface area contributed by atoms with E-state index in [2.05, 4.69) is 48.6 Å². The predicted molar refractivity (Wildman–Crippen MR) is 99.8 cm³/mol. The molecule has 0 unspecified atom stereocenters. The number of aromatic nitrogens is 2. The minimum absolute atomic E-state index is 0.179. The Kier molecular flexibility index (Phi) is 5.59. The SMILES string of the molecule is C[C@@H]1CN(C(=O)OC(C)(C)C)CCN1c1cc(CC(C)(C)C)ncn1. The molecule has 6 nitrogen and oxygen atoms in total. The van der Waals surface area contributed by atoms with Gasteiger partial charge in [0.15, 0.2) is 0 Å². The first-order valence-electron chi connectivity index (χ1n) is 9.00. The Bertz CT molecular complexity index is 604. The molecule has 0 saturated carbocycles. The molecule has 0 aromatic carbocycles. The summed E-state index contributed by atoms with van der Waals surface area (Å²) in [6.07, 6.45) is 2.31. The molecule has 1 saturated heterocycles. The van der Waals surface area contributed by atoms with Crippen molar-refractivity contribution in [2.24, 2.45) is 5.41 Å². The summed E-state index contributed by atoms with van der Waals surface area (Å²) in [6.45, 7) is 16.4. The third-order valence-corrected chi connectivity index (χ3v) is 3.99. The molecule has 1 aromatic rings. The summed E-state index contributed by atoms with van der Waals surface area (Å²) in [4.78, 5) is 25.2. The average Bonchev–Trinajstić information content (AvgIpc) is 2.43. The van der Waals surface area contributed by atoms with Gasteiger partial charge in [-0.2, -0.15) is 0 Å². The van der Waals surface area contributed by atoms with E-state index in [0.717, 1.165) is 24.5 Å². The number of amides is 1. The van der Waals surface area contributed by atoms with Crippen LogP contribution in [0.1, 0.15) is 54.2 Å². The third-order valence-electron chi connectivity index (χ3n) is 3.99. The molecule has 1 atom stereocenters. The largest absolute Gasteiger partial charge is 0.444 e. The van der Waals surface area contributed by atoms with Crippen LogP contribution >= 0.6 is 0 Å². The molecule has 1 amide bonds. The number of nitrogens with zero attached hydrogens (tertiary/aromatic N) is 4. The minimum Gasteiger partial charge on any atom is -0.444 e. The quantitative estimate of drug-likeness (QED) is 0.818. The molecule has 2 heterocycles. The molecule has 6 heteroatoms. The molecule has 1 fully saturated rings. The van der Waals surface area contributed by atoms with Gasteiger partial charge in [0.1, 0.15) is 17.7 Å². The molecule has 1 aliphatic heterocycles. The number of anilines is 1. The number of carbonyl (C=O) groups is 1. The zero-order valence-corrected chi connectivity index (χ0v) is 16.7. The van der Waals surface area contributed by atoms with Gasteiger partial charge in [-0.25, -0.2) is 14.8 Å². The van der Waals surface area contributed by atoms with Crippen molar-refractivity contribution >= 4 is 11.9 Å². The monoisotopic (exact) mass is 348 g/mol. The van der Waals surface area contributed by atoms with Crippen molar-refractivity contribution in [3.05, 3.63) is 18.1 Å². The van der Waals surface area contributed by atoms with Crippen molar-refractivity contribution in [2.45, 2.75) is 66.5 Å². The van der Waals surface area contributed by atoms with E-state index in [1.165, 1.54) is 0 Å². The van der Waals surface area contributed by atoms with Crippen LogP contribution in [0, 0.1) is 5.41 Å². The van der Waals surface area contributed by atoms with Gasteiger partial charge < -0.3 is 14.5 Å². The lowest BCUT2D eigenvalue weighted by atomic mass is 9.90. The minimum atomic E-state index is -0.466. The zero-order chi connectivity index (χ0) is 18.8. The highest BCUT2D eigenvalue weighted by Crippen LogP contribution is 2.24. The molecular formula is C19H32N4O2. The van der Waals surface area contributed by atoms with E-state index in [4.69, 9.17) is 4.74 Å². The molecule has 1 aliphatic rings. The van der Waals surface area contributed by atoms with Crippen molar-refractivity contribution in [2.75, 3.05) is 24.5 Å². The number of rotatable bonds is 2. The first-order valence-corrected chi connectivity index (χ1v) is 9.00. The number of carbonyl (C=O) groups excluding carboxylic acids is 1. The zero-order valence-electron chi connectivity index (χ0n) is 16.7. The van der Waals surface area contributed by atoms with E-state index < -0.39 is 5.60 Å². The van der Waals surface area contributed by atoms with E-state index in [0.29, 0.717) is 13.1 Å². The summed E-state index contributed by atoms with van der Waals surface area (Å²) in [5.41, 5.74) is 0.776. The fourth-order valence-corrected chi connectivity index (χ4v) is 2.97. The molecule has 25 heavy (non-hydrogen) atoms. The summed E-state index contributed by atoms with van der Waals surface area (Å²) in [6, 6.07) is 2.25. The summed E-state index contributed by atoms with van der Waals surface area (Å²) >= 11 is 0. The highest BCUT2D eigenvalue weighted by molar-refractivity contribution is 5.68. The van der Waals surface area contributed by atoms with Crippen LogP contribution in [0.3, 0.4) is 0 Å². The molecule has 0 N–H and O–H groups in total. The number of hydrogen-bond acceptors (Lipinski definition) is 5. The summed E-state index contributed by atoms with van der Waals surface area (Å²) in [5, 5.41) is 0. The highest BCUT2D eigenvalue weighted by Gasteiger charge is 2.30. The Morgan fingerprint density at radius 2 is 1.88 bits per heavy atom. The van der Waals surface area contributed by atoms with Crippen LogP contribution in [0.25, 0.3) is 0 Å². The lowest BCUT2D eigenvalue weighted by Gasteiger charge is -2.40. The topological polar surface area (TPSA) is 58.6 Å². The first kappa shape index (κ1) is 19.5. The second kappa shape index (κ2) is 7.18. The van der Waals surface area contributed by atoms with Crippen LogP contribution in [-0.2, 0) is 11.2 Å². The van der Waals surface area contributed by atoms with Crippen LogP contribution in [0.4, 0.5) is 10.6 Å². The Morgan fingerprint density at radius 1 is 1.20 bits per heavy atom. The molecule has 0 bridgehead atoms. The van der Waals surface area contributed by atoms with Gasteiger partial charge in [-0.15, -0.1) is 0 Å². The van der Waals surface area contributed by atoms with E-state index >= 15 is 0 Å². The van der Waals surface area contributed by atoms with Crippen molar-refractivity contribution in [1.29, 1.82) is 0 Å². The van der Waals surface area contributed by atoms with E-state index in [9.17, 15) is 4.79 Å². The van der Waals surface area contributed by atoms with Crippen LogP contribution in [0.2, 0.25) is 0 Å². The van der Waals surface area contributed by atoms with Gasteiger partial charge in [0, 0.05) is 37.4 Å². The molecule has 0 radical (unpaired) electrons. The van der Waals surface area contributed by atoms with Gasteiger partial charge in [0.05, 0.1) is 0 Å². The summed E-state index contributed by atoms with van der Waals surface area (Å²) in [7, 11) is 0. The predicted octanol–water partition coefficient (Wildman–Crippen LogP) is 3.51.